The Hall–Kier alpha value is -3.62. The van der Waals surface area contributed by atoms with Gasteiger partial charge in [0.15, 0.2) is 0 Å². The van der Waals surface area contributed by atoms with Gasteiger partial charge in [-0.3, -0.25) is 14.4 Å². The summed E-state index contributed by atoms with van der Waals surface area (Å²) in [5.41, 5.74) is 1.32. The summed E-state index contributed by atoms with van der Waals surface area (Å²) in [6.45, 7) is 2.48. The number of carbonyl (C=O) groups excluding carboxylic acids is 3. The minimum Gasteiger partial charge on any atom is -0.495 e. The second-order valence-electron chi connectivity index (χ2n) is 5.87. The van der Waals surface area contributed by atoms with Crippen molar-refractivity contribution in [2.24, 2.45) is 0 Å². The molecule has 8 nitrogen and oxygen atoms in total. The molecule has 2 aromatic carbocycles. The number of rotatable bonds is 7. The summed E-state index contributed by atoms with van der Waals surface area (Å²) in [6.07, 6.45) is 0. The van der Waals surface area contributed by atoms with Crippen molar-refractivity contribution in [3.05, 3.63) is 42.2 Å². The largest absolute Gasteiger partial charge is 0.495 e. The van der Waals surface area contributed by atoms with Crippen molar-refractivity contribution in [3.63, 3.8) is 0 Å². The Bertz CT molecular complexity index is 901. The fourth-order valence-corrected chi connectivity index (χ4v) is 2.40. The number of hydrogen-bond acceptors (Lipinski definition) is 5. The Morgan fingerprint density at radius 2 is 1.46 bits per heavy atom. The molecular weight excluding hydrogens is 367 g/mol. The van der Waals surface area contributed by atoms with E-state index in [0.29, 0.717) is 22.8 Å². The molecular formula is C19H21FN4O4. The summed E-state index contributed by atoms with van der Waals surface area (Å²) in [7, 11) is 1.45. The molecule has 0 saturated carbocycles. The van der Waals surface area contributed by atoms with Crippen LogP contribution in [0.2, 0.25) is 0 Å². The van der Waals surface area contributed by atoms with Crippen LogP contribution in [0.3, 0.4) is 0 Å². The molecule has 0 aliphatic heterocycles. The molecule has 4 N–H and O–H groups in total. The van der Waals surface area contributed by atoms with Crippen LogP contribution < -0.4 is 26.0 Å². The first-order valence-electron chi connectivity index (χ1n) is 8.35. The highest BCUT2D eigenvalue weighted by Gasteiger charge is 2.11. The first-order chi connectivity index (χ1) is 13.3. The lowest BCUT2D eigenvalue weighted by atomic mass is 10.2. The van der Waals surface area contributed by atoms with Crippen molar-refractivity contribution in [1.29, 1.82) is 0 Å². The first-order valence-corrected chi connectivity index (χ1v) is 8.35. The van der Waals surface area contributed by atoms with E-state index in [0.717, 1.165) is 0 Å². The van der Waals surface area contributed by atoms with Gasteiger partial charge in [0, 0.05) is 25.2 Å². The van der Waals surface area contributed by atoms with Crippen LogP contribution in [0, 0.1) is 5.82 Å². The molecule has 0 aliphatic carbocycles. The molecule has 28 heavy (non-hydrogen) atoms. The zero-order chi connectivity index (χ0) is 20.7. The molecule has 0 radical (unpaired) electrons. The summed E-state index contributed by atoms with van der Waals surface area (Å²) in [5.74, 6) is -1.16. The molecule has 0 aliphatic rings. The Kier molecular flexibility index (Phi) is 6.91. The highest BCUT2D eigenvalue weighted by molar-refractivity contribution is 5.97. The number of carbonyl (C=O) groups is 3. The maximum Gasteiger partial charge on any atom is 0.243 e. The molecule has 0 atom stereocenters. The molecule has 0 fully saturated rings. The quantitative estimate of drug-likeness (QED) is 0.583. The standard InChI is InChI=1S/C19H21FN4O4/c1-11(25)22-13-4-6-15(20)16(8-13)21-10-19(27)24-17-9-14(23-12(2)26)5-7-18(17)28-3/h4-9,21H,10H2,1-3H3,(H,22,25)(H,23,26)(H,24,27). The van der Waals surface area contributed by atoms with E-state index in [1.165, 1.54) is 39.2 Å². The molecule has 3 amide bonds. The van der Waals surface area contributed by atoms with Gasteiger partial charge in [0.25, 0.3) is 0 Å². The number of methoxy groups -OCH3 is 1. The van der Waals surface area contributed by atoms with Crippen LogP contribution >= 0.6 is 0 Å². The van der Waals surface area contributed by atoms with E-state index in [9.17, 15) is 18.8 Å². The van der Waals surface area contributed by atoms with E-state index < -0.39 is 11.7 Å². The highest BCUT2D eigenvalue weighted by atomic mass is 19.1. The van der Waals surface area contributed by atoms with Gasteiger partial charge in [-0.15, -0.1) is 0 Å². The van der Waals surface area contributed by atoms with Crippen LogP contribution in [0.5, 0.6) is 5.75 Å². The second-order valence-corrected chi connectivity index (χ2v) is 5.87. The van der Waals surface area contributed by atoms with E-state index in [1.54, 1.807) is 18.2 Å². The van der Waals surface area contributed by atoms with Crippen molar-refractivity contribution in [2.75, 3.05) is 34.9 Å². The third-order valence-corrected chi connectivity index (χ3v) is 3.52. The third-order valence-electron chi connectivity index (χ3n) is 3.52. The lowest BCUT2D eigenvalue weighted by molar-refractivity contribution is -0.115. The summed E-state index contributed by atoms with van der Waals surface area (Å²) in [4.78, 5) is 34.5. The van der Waals surface area contributed by atoms with Crippen LogP contribution in [0.1, 0.15) is 13.8 Å². The number of ether oxygens (including phenoxy) is 1. The third kappa shape index (κ3) is 5.97. The summed E-state index contributed by atoms with van der Waals surface area (Å²) < 4.78 is 19.1. The maximum atomic E-state index is 13.9. The van der Waals surface area contributed by atoms with E-state index >= 15 is 0 Å². The van der Waals surface area contributed by atoms with E-state index in [-0.39, 0.29) is 24.0 Å². The van der Waals surface area contributed by atoms with Crippen molar-refractivity contribution < 1.29 is 23.5 Å². The molecule has 0 spiro atoms. The Morgan fingerprint density at radius 1 is 0.893 bits per heavy atom. The first kappa shape index (κ1) is 20.7. The molecule has 0 unspecified atom stereocenters. The molecule has 2 rings (SSSR count). The molecule has 148 valence electrons. The molecule has 0 bridgehead atoms. The lowest BCUT2D eigenvalue weighted by Gasteiger charge is -2.13. The van der Waals surface area contributed by atoms with Gasteiger partial charge < -0.3 is 26.0 Å². The van der Waals surface area contributed by atoms with E-state index in [4.69, 9.17) is 4.74 Å². The van der Waals surface area contributed by atoms with Gasteiger partial charge in [0.05, 0.1) is 25.0 Å². The Morgan fingerprint density at radius 3 is 2.04 bits per heavy atom. The number of hydrogen-bond donors (Lipinski definition) is 4. The van der Waals surface area contributed by atoms with Crippen molar-refractivity contribution in [1.82, 2.24) is 0 Å². The minimum absolute atomic E-state index is 0.0698. The normalized spacial score (nSPS) is 10.0. The van der Waals surface area contributed by atoms with Gasteiger partial charge >= 0.3 is 0 Å². The lowest BCUT2D eigenvalue weighted by Crippen LogP contribution is -2.22. The van der Waals surface area contributed by atoms with Gasteiger partial charge in [-0.1, -0.05) is 0 Å². The van der Waals surface area contributed by atoms with Gasteiger partial charge in [0.2, 0.25) is 17.7 Å². The summed E-state index contributed by atoms with van der Waals surface area (Å²) >= 11 is 0. The van der Waals surface area contributed by atoms with Crippen LogP contribution in [-0.4, -0.2) is 31.4 Å². The SMILES string of the molecule is COc1ccc(NC(C)=O)cc1NC(=O)CNc1cc(NC(C)=O)ccc1F. The number of benzene rings is 2. The predicted molar refractivity (Wildman–Crippen MR) is 105 cm³/mol. The number of nitrogens with one attached hydrogen (secondary N) is 4. The summed E-state index contributed by atoms with van der Waals surface area (Å²) in [6, 6.07) is 8.78. The average molecular weight is 388 g/mol. The number of halogens is 1. The average Bonchev–Trinajstić information content (AvgIpc) is 2.61. The minimum atomic E-state index is -0.563. The summed E-state index contributed by atoms with van der Waals surface area (Å²) in [5, 5.41) is 10.5. The topological polar surface area (TPSA) is 109 Å². The van der Waals surface area contributed by atoms with E-state index in [1.807, 2.05) is 0 Å². The Balaban J connectivity index is 2.06. The van der Waals surface area contributed by atoms with Crippen molar-refractivity contribution >= 4 is 40.5 Å². The molecule has 0 saturated heterocycles. The highest BCUT2D eigenvalue weighted by Crippen LogP contribution is 2.28. The second kappa shape index (κ2) is 9.36. The van der Waals surface area contributed by atoms with Gasteiger partial charge in [0.1, 0.15) is 11.6 Å². The van der Waals surface area contributed by atoms with Crippen LogP contribution in [0.4, 0.5) is 27.1 Å². The maximum absolute atomic E-state index is 13.9. The van der Waals surface area contributed by atoms with Gasteiger partial charge in [-0.05, 0) is 36.4 Å². The molecule has 0 heterocycles. The van der Waals surface area contributed by atoms with Crippen LogP contribution in [-0.2, 0) is 14.4 Å². The molecule has 0 aromatic heterocycles. The van der Waals surface area contributed by atoms with E-state index in [2.05, 4.69) is 21.3 Å². The fourth-order valence-electron chi connectivity index (χ4n) is 2.40. The molecule has 9 heteroatoms. The molecule has 2 aromatic rings. The monoisotopic (exact) mass is 388 g/mol. The van der Waals surface area contributed by atoms with Crippen LogP contribution in [0.15, 0.2) is 36.4 Å². The van der Waals surface area contributed by atoms with Crippen molar-refractivity contribution in [2.45, 2.75) is 13.8 Å². The predicted octanol–water partition coefficient (Wildman–Crippen LogP) is 2.80. The van der Waals surface area contributed by atoms with Crippen molar-refractivity contribution in [3.8, 4) is 5.75 Å². The number of anilines is 4. The number of amides is 3. The zero-order valence-electron chi connectivity index (χ0n) is 15.7. The fraction of sp³-hybridized carbons (Fsp3) is 0.211. The van der Waals surface area contributed by atoms with Gasteiger partial charge in [-0.2, -0.15) is 0 Å². The van der Waals surface area contributed by atoms with Gasteiger partial charge in [-0.25, -0.2) is 4.39 Å². The zero-order valence-corrected chi connectivity index (χ0v) is 15.7. The smallest absolute Gasteiger partial charge is 0.243 e. The van der Waals surface area contributed by atoms with Crippen LogP contribution in [0.25, 0.3) is 0 Å². The Labute approximate surface area is 161 Å².